The quantitative estimate of drug-likeness (QED) is 0.129. The number of unbranched alkanes of at least 4 members (excludes halogenated alkanes) is 11. The molecule has 0 saturated heterocycles. The van der Waals surface area contributed by atoms with Crippen LogP contribution in [-0.4, -0.2) is 71.6 Å². The third kappa shape index (κ3) is 22.3. The smallest absolute Gasteiger partial charge is 0.219 e. The summed E-state index contributed by atoms with van der Waals surface area (Å²) in [6, 6.07) is 0. The summed E-state index contributed by atoms with van der Waals surface area (Å²) in [6.45, 7) is 4.05. The molecule has 0 radical (unpaired) electrons. The topological polar surface area (TPSA) is 93.0 Å². The highest BCUT2D eigenvalue weighted by molar-refractivity contribution is 5.75. The molecule has 0 aliphatic rings. The first-order valence-electron chi connectivity index (χ1n) is 13.2. The highest BCUT2D eigenvalue weighted by Gasteiger charge is 2.10. The van der Waals surface area contributed by atoms with Gasteiger partial charge >= 0.3 is 0 Å². The van der Waals surface area contributed by atoms with E-state index in [4.69, 9.17) is 10.2 Å². The van der Waals surface area contributed by atoms with Crippen LogP contribution in [0, 0.1) is 0 Å². The summed E-state index contributed by atoms with van der Waals surface area (Å²) in [4.78, 5) is 13.8. The molecular weight excluding hydrogens is 404 g/mol. The van der Waals surface area contributed by atoms with Gasteiger partial charge in [0.15, 0.2) is 0 Å². The average Bonchev–Trinajstić information content (AvgIpc) is 2.79. The van der Waals surface area contributed by atoms with Gasteiger partial charge < -0.3 is 20.6 Å². The number of nitrogens with zero attached hydrogens (tertiary/aromatic N) is 1. The van der Waals surface area contributed by atoms with Gasteiger partial charge in [-0.15, -0.1) is 0 Å². The molecule has 1 atom stereocenters. The molecule has 0 bridgehead atoms. The highest BCUT2D eigenvalue weighted by atomic mass is 16.3. The Morgan fingerprint density at radius 1 is 0.844 bits per heavy atom. The Morgan fingerprint density at radius 2 is 1.44 bits per heavy atom. The van der Waals surface area contributed by atoms with Crippen molar-refractivity contribution in [3.05, 3.63) is 12.2 Å². The average molecular weight is 457 g/mol. The number of nitrogens with one attached hydrogen (secondary N) is 1. The monoisotopic (exact) mass is 456 g/mol. The van der Waals surface area contributed by atoms with Crippen molar-refractivity contribution in [1.29, 1.82) is 0 Å². The minimum atomic E-state index is -0.794. The van der Waals surface area contributed by atoms with Gasteiger partial charge in [0, 0.05) is 32.6 Å². The van der Waals surface area contributed by atoms with E-state index in [9.17, 15) is 9.90 Å². The largest absolute Gasteiger partial charge is 0.395 e. The van der Waals surface area contributed by atoms with Gasteiger partial charge in [-0.1, -0.05) is 70.4 Å². The molecule has 0 saturated carbocycles. The fraction of sp³-hybridized carbons (Fsp3) is 0.885. The number of carbonyl (C=O) groups excluding carboxylic acids is 1. The molecule has 190 valence electrons. The Balaban J connectivity index is 3.46. The van der Waals surface area contributed by atoms with Gasteiger partial charge in [-0.05, 0) is 38.5 Å². The molecule has 0 aromatic heterocycles. The minimum Gasteiger partial charge on any atom is -0.395 e. The Bertz CT molecular complexity index is 432. The van der Waals surface area contributed by atoms with Gasteiger partial charge in [-0.25, -0.2) is 0 Å². The van der Waals surface area contributed by atoms with Crippen LogP contribution >= 0.6 is 0 Å². The number of allylic oxidation sites excluding steroid dienone is 2. The fourth-order valence-corrected chi connectivity index (χ4v) is 3.77. The van der Waals surface area contributed by atoms with E-state index in [-0.39, 0.29) is 19.1 Å². The first kappa shape index (κ1) is 31.0. The lowest BCUT2D eigenvalue weighted by atomic mass is 10.1. The lowest BCUT2D eigenvalue weighted by Gasteiger charge is -2.23. The number of aliphatic hydroxyl groups excluding tert-OH is 3. The van der Waals surface area contributed by atoms with Crippen molar-refractivity contribution in [1.82, 2.24) is 10.2 Å². The second-order valence-corrected chi connectivity index (χ2v) is 8.90. The zero-order valence-corrected chi connectivity index (χ0v) is 20.8. The number of hydrogen-bond acceptors (Lipinski definition) is 5. The van der Waals surface area contributed by atoms with Gasteiger partial charge in [0.2, 0.25) is 5.91 Å². The Morgan fingerprint density at radius 3 is 2.03 bits per heavy atom. The first-order chi connectivity index (χ1) is 15.6. The molecule has 6 heteroatoms. The SMILES string of the molecule is CCCCCCCC/C=C\CCCCCCCC(=O)NCCCN(CCO)CC(O)CO. The van der Waals surface area contributed by atoms with Crippen molar-refractivity contribution in [3.63, 3.8) is 0 Å². The van der Waals surface area contributed by atoms with Crippen LogP contribution in [0.15, 0.2) is 12.2 Å². The van der Waals surface area contributed by atoms with Gasteiger partial charge in [0.05, 0.1) is 19.3 Å². The molecule has 1 amide bonds. The van der Waals surface area contributed by atoms with E-state index in [2.05, 4.69) is 24.4 Å². The maximum atomic E-state index is 11.9. The van der Waals surface area contributed by atoms with Crippen molar-refractivity contribution >= 4 is 5.91 Å². The molecule has 0 spiro atoms. The van der Waals surface area contributed by atoms with Crippen LogP contribution in [0.25, 0.3) is 0 Å². The minimum absolute atomic E-state index is 0.0139. The standard InChI is InChI=1S/C26H52N2O4/c1-2-3-4-5-6-7-8-9-10-11-12-13-14-15-16-18-26(32)27-19-17-20-28(21-22-29)23-25(31)24-30/h9-10,25,29-31H,2-8,11-24H2,1H3,(H,27,32)/b10-9-. The van der Waals surface area contributed by atoms with E-state index < -0.39 is 6.10 Å². The maximum absolute atomic E-state index is 11.9. The van der Waals surface area contributed by atoms with E-state index in [1.165, 1.54) is 70.6 Å². The zero-order valence-electron chi connectivity index (χ0n) is 20.8. The summed E-state index contributed by atoms with van der Waals surface area (Å²) in [5.41, 5.74) is 0. The molecule has 0 fully saturated rings. The summed E-state index contributed by atoms with van der Waals surface area (Å²) in [5.74, 6) is 0.103. The van der Waals surface area contributed by atoms with Crippen molar-refractivity contribution < 1.29 is 20.1 Å². The van der Waals surface area contributed by atoms with Crippen LogP contribution in [0.5, 0.6) is 0 Å². The van der Waals surface area contributed by atoms with Crippen LogP contribution in [-0.2, 0) is 4.79 Å². The van der Waals surface area contributed by atoms with Gasteiger partial charge in [0.1, 0.15) is 0 Å². The lowest BCUT2D eigenvalue weighted by Crippen LogP contribution is -2.38. The van der Waals surface area contributed by atoms with E-state index in [0.717, 1.165) is 19.3 Å². The van der Waals surface area contributed by atoms with Gasteiger partial charge in [-0.2, -0.15) is 0 Å². The number of rotatable bonds is 24. The van der Waals surface area contributed by atoms with E-state index in [1.807, 2.05) is 4.90 Å². The van der Waals surface area contributed by atoms with Crippen LogP contribution in [0.1, 0.15) is 103 Å². The number of amides is 1. The molecule has 4 N–H and O–H groups in total. The molecule has 6 nitrogen and oxygen atoms in total. The van der Waals surface area contributed by atoms with Gasteiger partial charge in [0.25, 0.3) is 0 Å². The molecule has 0 rings (SSSR count). The summed E-state index contributed by atoms with van der Waals surface area (Å²) in [7, 11) is 0. The molecule has 0 aromatic carbocycles. The Kier molecular flexibility index (Phi) is 24.0. The third-order valence-electron chi connectivity index (χ3n) is 5.73. The fourth-order valence-electron chi connectivity index (χ4n) is 3.77. The first-order valence-corrected chi connectivity index (χ1v) is 13.2. The second-order valence-electron chi connectivity index (χ2n) is 8.90. The van der Waals surface area contributed by atoms with Crippen molar-refractivity contribution in [2.45, 2.75) is 109 Å². The molecule has 0 aromatic rings. The van der Waals surface area contributed by atoms with E-state index >= 15 is 0 Å². The molecule has 0 heterocycles. The zero-order chi connectivity index (χ0) is 23.7. The lowest BCUT2D eigenvalue weighted by molar-refractivity contribution is -0.121. The van der Waals surface area contributed by atoms with E-state index in [1.54, 1.807) is 0 Å². The summed E-state index contributed by atoms with van der Waals surface area (Å²) < 4.78 is 0. The molecular formula is C26H52N2O4. The third-order valence-corrected chi connectivity index (χ3v) is 5.73. The molecule has 32 heavy (non-hydrogen) atoms. The Hall–Kier alpha value is -0.950. The van der Waals surface area contributed by atoms with Crippen LogP contribution in [0.3, 0.4) is 0 Å². The number of hydrogen-bond donors (Lipinski definition) is 4. The Labute approximate surface area is 197 Å². The number of carbonyl (C=O) groups is 1. The van der Waals surface area contributed by atoms with Crippen LogP contribution < -0.4 is 5.32 Å². The predicted octanol–water partition coefficient (Wildman–Crippen LogP) is 4.18. The molecule has 0 aliphatic carbocycles. The summed E-state index contributed by atoms with van der Waals surface area (Å²) >= 11 is 0. The van der Waals surface area contributed by atoms with Crippen molar-refractivity contribution in [2.75, 3.05) is 39.4 Å². The van der Waals surface area contributed by atoms with Crippen LogP contribution in [0.2, 0.25) is 0 Å². The van der Waals surface area contributed by atoms with Gasteiger partial charge in [-0.3, -0.25) is 9.69 Å². The normalized spacial score (nSPS) is 12.7. The van der Waals surface area contributed by atoms with Crippen molar-refractivity contribution in [3.8, 4) is 0 Å². The predicted molar refractivity (Wildman–Crippen MR) is 134 cm³/mol. The van der Waals surface area contributed by atoms with E-state index in [0.29, 0.717) is 32.6 Å². The van der Waals surface area contributed by atoms with Crippen LogP contribution in [0.4, 0.5) is 0 Å². The summed E-state index contributed by atoms with van der Waals surface area (Å²) in [5, 5.41) is 30.5. The summed E-state index contributed by atoms with van der Waals surface area (Å²) in [6.07, 6.45) is 21.6. The maximum Gasteiger partial charge on any atom is 0.219 e. The molecule has 0 aliphatic heterocycles. The highest BCUT2D eigenvalue weighted by Crippen LogP contribution is 2.10. The molecule has 1 unspecified atom stereocenters. The van der Waals surface area contributed by atoms with Crippen molar-refractivity contribution in [2.24, 2.45) is 0 Å². The second kappa shape index (κ2) is 24.7. The number of aliphatic hydroxyl groups is 3.